The summed E-state index contributed by atoms with van der Waals surface area (Å²) in [6.07, 6.45) is 5.27. The van der Waals surface area contributed by atoms with Crippen molar-refractivity contribution >= 4 is 21.6 Å². The topological polar surface area (TPSA) is 72.0 Å². The lowest BCUT2D eigenvalue weighted by molar-refractivity contribution is 0.581. The van der Waals surface area contributed by atoms with Crippen molar-refractivity contribution in [3.63, 3.8) is 0 Å². The van der Waals surface area contributed by atoms with E-state index in [4.69, 9.17) is 11.6 Å². The molecule has 0 fully saturated rings. The van der Waals surface area contributed by atoms with Crippen molar-refractivity contribution in [1.82, 2.24) is 14.7 Å². The van der Waals surface area contributed by atoms with Gasteiger partial charge in [-0.1, -0.05) is 17.7 Å². The first-order valence-corrected chi connectivity index (χ1v) is 7.85. The predicted octanol–water partition coefficient (Wildman–Crippen LogP) is 1.96. The molecule has 2 aromatic rings. The monoisotopic (exact) mass is 311 g/mol. The van der Waals surface area contributed by atoms with E-state index in [1.807, 2.05) is 6.92 Å². The number of aromatic nitrogens is 2. The zero-order valence-corrected chi connectivity index (χ0v) is 12.4. The molecule has 1 aromatic carbocycles. The minimum atomic E-state index is -3.54. The van der Waals surface area contributed by atoms with Crippen LogP contribution in [0.25, 0.3) is 0 Å². The molecule has 0 saturated carbocycles. The average Bonchev–Trinajstić information content (AvgIpc) is 2.43. The number of nitrogens with zero attached hydrogens (tertiary/aromatic N) is 2. The summed E-state index contributed by atoms with van der Waals surface area (Å²) < 4.78 is 26.7. The highest BCUT2D eigenvalue weighted by Gasteiger charge is 2.14. The number of benzene rings is 1. The van der Waals surface area contributed by atoms with E-state index in [0.29, 0.717) is 11.4 Å². The SMILES string of the molecule is Cc1ccc(S(=O)(=O)NCCc2cncnc2)cc1Cl. The fraction of sp³-hybridized carbons (Fsp3) is 0.231. The maximum Gasteiger partial charge on any atom is 0.240 e. The third-order valence-corrected chi connectivity index (χ3v) is 4.64. The molecular weight excluding hydrogens is 298 g/mol. The minimum Gasteiger partial charge on any atom is -0.245 e. The van der Waals surface area contributed by atoms with Crippen LogP contribution in [0, 0.1) is 6.92 Å². The zero-order chi connectivity index (χ0) is 14.6. The van der Waals surface area contributed by atoms with Crippen LogP contribution in [0.4, 0.5) is 0 Å². The fourth-order valence-electron chi connectivity index (χ4n) is 1.61. The molecule has 20 heavy (non-hydrogen) atoms. The molecule has 1 N–H and O–H groups in total. The molecular formula is C13H14ClN3O2S. The number of aryl methyl sites for hydroxylation is 1. The molecule has 0 atom stereocenters. The lowest BCUT2D eigenvalue weighted by atomic mass is 10.2. The van der Waals surface area contributed by atoms with E-state index in [2.05, 4.69) is 14.7 Å². The number of nitrogens with one attached hydrogen (secondary N) is 1. The van der Waals surface area contributed by atoms with Gasteiger partial charge in [0, 0.05) is 24.0 Å². The molecule has 0 aliphatic rings. The van der Waals surface area contributed by atoms with Gasteiger partial charge in [-0.2, -0.15) is 0 Å². The Morgan fingerprint density at radius 3 is 2.60 bits per heavy atom. The molecule has 0 spiro atoms. The van der Waals surface area contributed by atoms with Crippen LogP contribution in [0.1, 0.15) is 11.1 Å². The lowest BCUT2D eigenvalue weighted by Gasteiger charge is -2.08. The van der Waals surface area contributed by atoms with E-state index in [1.54, 1.807) is 18.5 Å². The highest BCUT2D eigenvalue weighted by Crippen LogP contribution is 2.19. The Bertz CT molecular complexity index is 690. The van der Waals surface area contributed by atoms with Gasteiger partial charge < -0.3 is 0 Å². The molecule has 1 heterocycles. The molecule has 0 aliphatic carbocycles. The summed E-state index contributed by atoms with van der Waals surface area (Å²) in [7, 11) is -3.54. The zero-order valence-electron chi connectivity index (χ0n) is 10.9. The molecule has 0 radical (unpaired) electrons. The molecule has 0 bridgehead atoms. The predicted molar refractivity (Wildman–Crippen MR) is 77.1 cm³/mol. The van der Waals surface area contributed by atoms with Gasteiger partial charge in [0.25, 0.3) is 0 Å². The lowest BCUT2D eigenvalue weighted by Crippen LogP contribution is -2.26. The smallest absolute Gasteiger partial charge is 0.240 e. The summed E-state index contributed by atoms with van der Waals surface area (Å²) in [5, 5.41) is 0.435. The first kappa shape index (κ1) is 14.9. The summed E-state index contributed by atoms with van der Waals surface area (Å²) in [4.78, 5) is 7.91. The number of hydrogen-bond acceptors (Lipinski definition) is 4. The largest absolute Gasteiger partial charge is 0.245 e. The van der Waals surface area contributed by atoms with Crippen molar-refractivity contribution in [3.8, 4) is 0 Å². The standard InChI is InChI=1S/C13H14ClN3O2S/c1-10-2-3-12(6-13(10)14)20(18,19)17-5-4-11-7-15-9-16-8-11/h2-3,6-9,17H,4-5H2,1H3. The summed E-state index contributed by atoms with van der Waals surface area (Å²) in [5.41, 5.74) is 1.71. The maximum absolute atomic E-state index is 12.1. The first-order valence-electron chi connectivity index (χ1n) is 5.99. The van der Waals surface area contributed by atoms with Crippen LogP contribution in [-0.4, -0.2) is 24.9 Å². The maximum atomic E-state index is 12.1. The Kier molecular flexibility index (Phi) is 4.69. The number of halogens is 1. The second-order valence-corrected chi connectivity index (χ2v) is 6.48. The van der Waals surface area contributed by atoms with E-state index in [9.17, 15) is 8.42 Å². The molecule has 0 aliphatic heterocycles. The first-order chi connectivity index (χ1) is 9.49. The molecule has 7 heteroatoms. The molecule has 5 nitrogen and oxygen atoms in total. The van der Waals surface area contributed by atoms with E-state index in [-0.39, 0.29) is 11.4 Å². The number of hydrogen-bond donors (Lipinski definition) is 1. The van der Waals surface area contributed by atoms with E-state index in [1.165, 1.54) is 18.5 Å². The third-order valence-electron chi connectivity index (χ3n) is 2.77. The van der Waals surface area contributed by atoms with Gasteiger partial charge in [0.15, 0.2) is 0 Å². The summed E-state index contributed by atoms with van der Waals surface area (Å²) in [6, 6.07) is 4.67. The Morgan fingerprint density at radius 1 is 1.25 bits per heavy atom. The summed E-state index contributed by atoms with van der Waals surface area (Å²) in [5.74, 6) is 0. The van der Waals surface area contributed by atoms with Gasteiger partial charge in [-0.3, -0.25) is 0 Å². The second-order valence-electron chi connectivity index (χ2n) is 4.31. The van der Waals surface area contributed by atoms with Crippen LogP contribution in [0.2, 0.25) is 5.02 Å². The van der Waals surface area contributed by atoms with Crippen molar-refractivity contribution in [1.29, 1.82) is 0 Å². The fourth-order valence-corrected chi connectivity index (χ4v) is 2.92. The van der Waals surface area contributed by atoms with Crippen molar-refractivity contribution < 1.29 is 8.42 Å². The van der Waals surface area contributed by atoms with Crippen molar-refractivity contribution in [3.05, 3.63) is 53.1 Å². The van der Waals surface area contributed by atoms with Crippen LogP contribution >= 0.6 is 11.6 Å². The second kappa shape index (κ2) is 6.30. The van der Waals surface area contributed by atoms with Crippen molar-refractivity contribution in [2.75, 3.05) is 6.54 Å². The van der Waals surface area contributed by atoms with Gasteiger partial charge in [-0.05, 0) is 36.6 Å². The Labute approximate surface area is 123 Å². The third kappa shape index (κ3) is 3.75. The van der Waals surface area contributed by atoms with Crippen LogP contribution < -0.4 is 4.72 Å². The van der Waals surface area contributed by atoms with Crippen LogP contribution in [-0.2, 0) is 16.4 Å². The van der Waals surface area contributed by atoms with Crippen molar-refractivity contribution in [2.45, 2.75) is 18.2 Å². The Balaban J connectivity index is 2.02. The van der Waals surface area contributed by atoms with Gasteiger partial charge in [0.2, 0.25) is 10.0 Å². The molecule has 0 amide bonds. The van der Waals surface area contributed by atoms with Crippen LogP contribution in [0.3, 0.4) is 0 Å². The summed E-state index contributed by atoms with van der Waals surface area (Å²) in [6.45, 7) is 2.10. The van der Waals surface area contributed by atoms with Crippen LogP contribution in [0.5, 0.6) is 0 Å². The van der Waals surface area contributed by atoms with Crippen LogP contribution in [0.15, 0.2) is 41.8 Å². The Morgan fingerprint density at radius 2 is 1.95 bits per heavy atom. The number of rotatable bonds is 5. The highest BCUT2D eigenvalue weighted by molar-refractivity contribution is 7.89. The quantitative estimate of drug-likeness (QED) is 0.916. The highest BCUT2D eigenvalue weighted by atomic mass is 35.5. The molecule has 106 valence electrons. The molecule has 2 rings (SSSR count). The van der Waals surface area contributed by atoms with E-state index in [0.717, 1.165) is 11.1 Å². The van der Waals surface area contributed by atoms with Crippen molar-refractivity contribution in [2.24, 2.45) is 0 Å². The van der Waals surface area contributed by atoms with E-state index >= 15 is 0 Å². The summed E-state index contributed by atoms with van der Waals surface area (Å²) >= 11 is 5.94. The average molecular weight is 312 g/mol. The minimum absolute atomic E-state index is 0.164. The Hall–Kier alpha value is -1.50. The van der Waals surface area contributed by atoms with Gasteiger partial charge >= 0.3 is 0 Å². The molecule has 0 saturated heterocycles. The van der Waals surface area contributed by atoms with Gasteiger partial charge in [0.05, 0.1) is 4.90 Å². The van der Waals surface area contributed by atoms with Gasteiger partial charge in [-0.25, -0.2) is 23.1 Å². The number of sulfonamides is 1. The van der Waals surface area contributed by atoms with Gasteiger partial charge in [0.1, 0.15) is 6.33 Å². The normalized spacial score (nSPS) is 11.5. The van der Waals surface area contributed by atoms with Gasteiger partial charge in [-0.15, -0.1) is 0 Å². The molecule has 0 unspecified atom stereocenters. The molecule has 1 aromatic heterocycles. The van der Waals surface area contributed by atoms with E-state index < -0.39 is 10.0 Å².